The van der Waals surface area contributed by atoms with Gasteiger partial charge in [-0.2, -0.15) is 0 Å². The molecule has 2 heterocycles. The summed E-state index contributed by atoms with van der Waals surface area (Å²) >= 11 is 0. The maximum atomic E-state index is 13.1. The fourth-order valence-electron chi connectivity index (χ4n) is 5.11. The highest BCUT2D eigenvalue weighted by molar-refractivity contribution is 5.82. The van der Waals surface area contributed by atoms with E-state index in [9.17, 15) is 14.7 Å². The summed E-state index contributed by atoms with van der Waals surface area (Å²) in [4.78, 5) is 27.9. The van der Waals surface area contributed by atoms with Crippen molar-refractivity contribution >= 4 is 11.9 Å². The van der Waals surface area contributed by atoms with Gasteiger partial charge in [-0.05, 0) is 48.2 Å². The molecule has 0 aromatic heterocycles. The predicted octanol–water partition coefficient (Wildman–Crippen LogP) is 3.57. The molecule has 2 N–H and O–H groups in total. The number of nitrogens with zero attached hydrogens (tertiary/aromatic N) is 1. The summed E-state index contributed by atoms with van der Waals surface area (Å²) in [5.74, 6) is -0.0705. The Morgan fingerprint density at radius 1 is 1.12 bits per heavy atom. The SMILES string of the molecule is CCCNC(=O)C(CC)N1CC(c2ccc(OC)cc2)C(C(=O)O)C1c1ccc2c(c1)OCO2. The van der Waals surface area contributed by atoms with Gasteiger partial charge < -0.3 is 24.6 Å². The van der Waals surface area contributed by atoms with Crippen molar-refractivity contribution in [2.75, 3.05) is 27.0 Å². The Kier molecular flexibility index (Phi) is 7.26. The highest BCUT2D eigenvalue weighted by Crippen LogP contribution is 2.49. The first-order chi connectivity index (χ1) is 16.5. The molecule has 2 aliphatic heterocycles. The van der Waals surface area contributed by atoms with Gasteiger partial charge >= 0.3 is 5.97 Å². The second kappa shape index (κ2) is 10.3. The molecule has 8 nitrogen and oxygen atoms in total. The molecule has 34 heavy (non-hydrogen) atoms. The van der Waals surface area contributed by atoms with Crippen LogP contribution in [0.1, 0.15) is 49.8 Å². The minimum absolute atomic E-state index is 0.0744. The van der Waals surface area contributed by atoms with Crippen LogP contribution in [-0.4, -0.2) is 54.9 Å². The second-order valence-corrected chi connectivity index (χ2v) is 8.71. The fourth-order valence-corrected chi connectivity index (χ4v) is 5.11. The lowest BCUT2D eigenvalue weighted by molar-refractivity contribution is -0.144. The summed E-state index contributed by atoms with van der Waals surface area (Å²) in [5.41, 5.74) is 1.71. The zero-order valence-electron chi connectivity index (χ0n) is 19.8. The number of aliphatic carboxylic acids is 1. The molecule has 2 aromatic carbocycles. The molecule has 1 saturated heterocycles. The molecule has 1 fully saturated rings. The highest BCUT2D eigenvalue weighted by atomic mass is 16.7. The van der Waals surface area contributed by atoms with E-state index in [1.54, 1.807) is 7.11 Å². The number of carboxylic acids is 1. The van der Waals surface area contributed by atoms with Gasteiger partial charge in [0.25, 0.3) is 0 Å². The number of fused-ring (bicyclic) bond motifs is 1. The fraction of sp³-hybridized carbons (Fsp3) is 0.462. The number of likely N-dealkylation sites (tertiary alicyclic amines) is 1. The largest absolute Gasteiger partial charge is 0.497 e. The maximum absolute atomic E-state index is 13.1. The number of carboxylic acid groups (broad SMARTS) is 1. The van der Waals surface area contributed by atoms with Gasteiger partial charge in [-0.1, -0.05) is 32.0 Å². The van der Waals surface area contributed by atoms with Gasteiger partial charge in [0.05, 0.1) is 19.1 Å². The van der Waals surface area contributed by atoms with Crippen molar-refractivity contribution in [2.24, 2.45) is 5.92 Å². The van der Waals surface area contributed by atoms with Crippen LogP contribution in [0.25, 0.3) is 0 Å². The molecular formula is C26H32N2O6. The number of methoxy groups -OCH3 is 1. The highest BCUT2D eigenvalue weighted by Gasteiger charge is 2.50. The lowest BCUT2D eigenvalue weighted by Gasteiger charge is -2.33. The molecule has 4 rings (SSSR count). The smallest absolute Gasteiger partial charge is 0.309 e. The van der Waals surface area contributed by atoms with Crippen LogP contribution >= 0.6 is 0 Å². The lowest BCUT2D eigenvalue weighted by Crippen LogP contribution is -2.47. The minimum atomic E-state index is -0.894. The molecule has 1 amide bonds. The topological polar surface area (TPSA) is 97.3 Å². The van der Waals surface area contributed by atoms with E-state index >= 15 is 0 Å². The van der Waals surface area contributed by atoms with Crippen molar-refractivity contribution in [3.05, 3.63) is 53.6 Å². The number of carbonyl (C=O) groups excluding carboxylic acids is 1. The Morgan fingerprint density at radius 3 is 2.47 bits per heavy atom. The van der Waals surface area contributed by atoms with Crippen LogP contribution in [0.2, 0.25) is 0 Å². The third-order valence-corrected chi connectivity index (χ3v) is 6.74. The average molecular weight is 469 g/mol. The van der Waals surface area contributed by atoms with Crippen molar-refractivity contribution in [1.82, 2.24) is 10.2 Å². The second-order valence-electron chi connectivity index (χ2n) is 8.71. The molecule has 0 radical (unpaired) electrons. The van der Waals surface area contributed by atoms with Gasteiger partial charge in [0.15, 0.2) is 11.5 Å². The number of nitrogens with one attached hydrogen (secondary N) is 1. The van der Waals surface area contributed by atoms with E-state index in [0.717, 1.165) is 17.5 Å². The van der Waals surface area contributed by atoms with Crippen molar-refractivity contribution < 1.29 is 28.9 Å². The first kappa shape index (κ1) is 23.9. The van der Waals surface area contributed by atoms with Gasteiger partial charge in [0.2, 0.25) is 12.7 Å². The van der Waals surface area contributed by atoms with E-state index in [2.05, 4.69) is 10.2 Å². The van der Waals surface area contributed by atoms with Crippen LogP contribution in [0.15, 0.2) is 42.5 Å². The standard InChI is InChI=1S/C26H32N2O6/c1-4-12-27-25(29)20(5-2)28-14-19(16-6-9-18(32-3)10-7-16)23(26(30)31)24(28)17-8-11-21-22(13-17)34-15-33-21/h6-11,13,19-20,23-24H,4-5,12,14-15H2,1-3H3,(H,27,29)(H,30,31). The summed E-state index contributed by atoms with van der Waals surface area (Å²) in [6.07, 6.45) is 1.40. The van der Waals surface area contributed by atoms with Crippen LogP contribution in [0.3, 0.4) is 0 Å². The van der Waals surface area contributed by atoms with Gasteiger partial charge in [-0.25, -0.2) is 0 Å². The van der Waals surface area contributed by atoms with E-state index in [-0.39, 0.29) is 18.6 Å². The molecular weight excluding hydrogens is 436 g/mol. The van der Waals surface area contributed by atoms with Gasteiger partial charge in [0, 0.05) is 25.0 Å². The first-order valence-corrected chi connectivity index (χ1v) is 11.8. The molecule has 0 bridgehead atoms. The van der Waals surface area contributed by atoms with Crippen LogP contribution < -0.4 is 19.5 Å². The zero-order chi connectivity index (χ0) is 24.2. The number of carbonyl (C=O) groups is 2. The Morgan fingerprint density at radius 2 is 1.82 bits per heavy atom. The molecule has 4 atom stereocenters. The third kappa shape index (κ3) is 4.55. The normalized spacial score (nSPS) is 22.4. The monoisotopic (exact) mass is 468 g/mol. The third-order valence-electron chi connectivity index (χ3n) is 6.74. The van der Waals surface area contributed by atoms with Crippen LogP contribution in [0.5, 0.6) is 17.2 Å². The molecule has 2 aliphatic rings. The van der Waals surface area contributed by atoms with Gasteiger partial charge in [-0.15, -0.1) is 0 Å². The molecule has 2 aromatic rings. The molecule has 182 valence electrons. The Balaban J connectivity index is 1.77. The minimum Gasteiger partial charge on any atom is -0.497 e. The molecule has 8 heteroatoms. The van der Waals surface area contributed by atoms with E-state index < -0.39 is 24.0 Å². The van der Waals surface area contributed by atoms with E-state index in [1.807, 2.05) is 56.3 Å². The van der Waals surface area contributed by atoms with Crippen molar-refractivity contribution in [1.29, 1.82) is 0 Å². The zero-order valence-corrected chi connectivity index (χ0v) is 19.8. The van der Waals surface area contributed by atoms with E-state index in [0.29, 0.717) is 36.8 Å². The van der Waals surface area contributed by atoms with Crippen LogP contribution in [0, 0.1) is 5.92 Å². The molecule has 0 spiro atoms. The number of rotatable bonds is 9. The molecule has 0 aliphatic carbocycles. The Hall–Kier alpha value is -3.26. The number of benzene rings is 2. The lowest BCUT2D eigenvalue weighted by atomic mass is 9.82. The summed E-state index contributed by atoms with van der Waals surface area (Å²) in [5, 5.41) is 13.4. The quantitative estimate of drug-likeness (QED) is 0.581. The summed E-state index contributed by atoms with van der Waals surface area (Å²) < 4.78 is 16.3. The summed E-state index contributed by atoms with van der Waals surface area (Å²) in [6.45, 7) is 5.14. The summed E-state index contributed by atoms with van der Waals surface area (Å²) in [6, 6.07) is 12.1. The maximum Gasteiger partial charge on any atom is 0.309 e. The Bertz CT molecular complexity index is 1020. The number of hydrogen-bond acceptors (Lipinski definition) is 6. The summed E-state index contributed by atoms with van der Waals surface area (Å²) in [7, 11) is 1.60. The first-order valence-electron chi connectivity index (χ1n) is 11.8. The van der Waals surface area contributed by atoms with Crippen molar-refractivity contribution in [3.63, 3.8) is 0 Å². The van der Waals surface area contributed by atoms with Gasteiger partial charge in [-0.3, -0.25) is 14.5 Å². The van der Waals surface area contributed by atoms with Crippen LogP contribution in [0.4, 0.5) is 0 Å². The average Bonchev–Trinajstić information content (AvgIpc) is 3.48. The van der Waals surface area contributed by atoms with E-state index in [1.165, 1.54) is 0 Å². The predicted molar refractivity (Wildman–Crippen MR) is 126 cm³/mol. The Labute approximate surface area is 199 Å². The van der Waals surface area contributed by atoms with Crippen molar-refractivity contribution in [2.45, 2.75) is 44.7 Å². The molecule has 4 unspecified atom stereocenters. The number of ether oxygens (including phenoxy) is 3. The van der Waals surface area contributed by atoms with Crippen molar-refractivity contribution in [3.8, 4) is 17.2 Å². The number of amides is 1. The van der Waals surface area contributed by atoms with E-state index in [4.69, 9.17) is 14.2 Å². The number of hydrogen-bond donors (Lipinski definition) is 2. The van der Waals surface area contributed by atoms with Crippen LogP contribution in [-0.2, 0) is 9.59 Å². The van der Waals surface area contributed by atoms with Gasteiger partial charge in [0.1, 0.15) is 5.75 Å². The molecule has 0 saturated carbocycles.